The molecule has 9 heteroatoms. The second-order valence-corrected chi connectivity index (χ2v) is 8.31. The molecule has 194 valence electrons. The van der Waals surface area contributed by atoms with Crippen LogP contribution in [-0.2, 0) is 24.7 Å². The molecular formula is C29H26N2O7. The highest BCUT2D eigenvalue weighted by Gasteiger charge is 2.38. The summed E-state index contributed by atoms with van der Waals surface area (Å²) in [5.41, 5.74) is -0.272. The van der Waals surface area contributed by atoms with Gasteiger partial charge in [-0.05, 0) is 28.8 Å². The number of aldehydes is 2. The fraction of sp³-hybridized carbons (Fsp3) is 0.172. The standard InChI is InChI=1S/C29H26N2O7/c1-36-24-14-12-23(13-15-24)29(21-8-4-2-5-9-21,22-10-6-3-7-11-22)37-20-25(18-32)38-27(19-33)31-17-16-26(34)30-28(31)35/h2-19,25,27H,20H2,1H3,(H,30,34,35)/t25-,27+/m0/s1/i17+1,18+1,19+1,20+1,25+1,27+1,30+1,31+1. The van der Waals surface area contributed by atoms with Gasteiger partial charge in [0, 0.05) is 12.3 Å². The predicted molar refractivity (Wildman–Crippen MR) is 139 cm³/mol. The van der Waals surface area contributed by atoms with Crippen LogP contribution in [0.2, 0.25) is 0 Å². The average Bonchev–Trinajstić information content (AvgIpc) is 2.97. The van der Waals surface area contributed by atoms with E-state index in [0.29, 0.717) is 18.3 Å². The number of nitrogens with zero attached hydrogens (tertiary/aromatic N) is 1. The van der Waals surface area contributed by atoms with Crippen LogP contribution in [0.3, 0.4) is 0 Å². The number of nitrogens with one attached hydrogen (secondary N) is 1. The molecule has 0 bridgehead atoms. The minimum atomic E-state index is -1.46. The Balaban J connectivity index is 1.74. The van der Waals surface area contributed by atoms with Crippen molar-refractivity contribution in [1.29, 1.82) is 0 Å². The van der Waals surface area contributed by atoms with E-state index in [1.165, 1.54) is 0 Å². The maximum Gasteiger partial charge on any atom is 0.330 e. The molecule has 1 aromatic heterocycles. The number of aromatic nitrogens is 2. The zero-order chi connectivity index (χ0) is 27.0. The van der Waals surface area contributed by atoms with Gasteiger partial charge in [0.2, 0.25) is 0 Å². The fourth-order valence-corrected chi connectivity index (χ4v) is 4.21. The van der Waals surface area contributed by atoms with E-state index >= 15 is 0 Å². The van der Waals surface area contributed by atoms with Crippen molar-refractivity contribution in [3.8, 4) is 5.75 Å². The lowest BCUT2D eigenvalue weighted by molar-refractivity contribution is -0.147. The number of carbonyl (C=O) groups is 2. The Morgan fingerprint density at radius 2 is 1.39 bits per heavy atom. The van der Waals surface area contributed by atoms with Gasteiger partial charge in [-0.2, -0.15) is 0 Å². The Labute approximate surface area is 218 Å². The van der Waals surface area contributed by atoms with Crippen LogP contribution in [0, 0.1) is 0 Å². The Hall–Kier alpha value is -4.60. The molecule has 0 amide bonds. The first-order valence-corrected chi connectivity index (χ1v) is 11.8. The minimum Gasteiger partial charge on any atom is -0.497 e. The van der Waals surface area contributed by atoms with Crippen LogP contribution in [-0.4, -0.2) is 41.9 Å². The van der Waals surface area contributed by atoms with Crippen molar-refractivity contribution >= 4 is 12.6 Å². The quantitative estimate of drug-likeness (QED) is 0.173. The Bertz CT molecular complexity index is 1430. The molecule has 0 spiro atoms. The van der Waals surface area contributed by atoms with Crippen LogP contribution in [0.4, 0.5) is 0 Å². The first-order chi connectivity index (χ1) is 18.5. The number of benzene rings is 3. The van der Waals surface area contributed by atoms with Crippen LogP contribution in [0.15, 0.2) is 107 Å². The average molecular weight is 522 g/mol. The molecule has 0 radical (unpaired) electrons. The van der Waals surface area contributed by atoms with E-state index in [0.717, 1.165) is 33.5 Å². The Morgan fingerprint density at radius 1 is 0.816 bits per heavy atom. The highest BCUT2D eigenvalue weighted by atomic mass is 16.7. The van der Waals surface area contributed by atoms with E-state index in [9.17, 15) is 19.2 Å². The molecule has 1 heterocycles. The van der Waals surface area contributed by atoms with Gasteiger partial charge in [0.1, 0.15) is 17.5 Å². The molecular weight excluding hydrogens is 496 g/mol. The molecule has 0 saturated heterocycles. The zero-order valence-corrected chi connectivity index (χ0v) is 20.6. The highest BCUT2D eigenvalue weighted by molar-refractivity contribution is 5.59. The summed E-state index contributed by atoms with van der Waals surface area (Å²) in [6, 6.07) is 27.5. The van der Waals surface area contributed by atoms with Gasteiger partial charge < -0.3 is 19.0 Å². The highest BCUT2D eigenvalue weighted by Crippen LogP contribution is 2.41. The van der Waals surface area contributed by atoms with Crippen molar-refractivity contribution in [2.24, 2.45) is 0 Å². The Kier molecular flexibility index (Phi) is 8.42. The molecule has 3 aromatic carbocycles. The summed E-state index contributed by atoms with van der Waals surface area (Å²) in [4.78, 5) is 49.5. The van der Waals surface area contributed by atoms with Gasteiger partial charge in [-0.3, -0.25) is 19.1 Å². The monoisotopic (exact) mass is 522 g/mol. The Morgan fingerprint density at radius 3 is 1.89 bits per heavy atom. The van der Waals surface area contributed by atoms with Gasteiger partial charge >= 0.3 is 5.69 Å². The van der Waals surface area contributed by atoms with E-state index in [2.05, 4.69) is 4.98 Å². The van der Waals surface area contributed by atoms with Gasteiger partial charge in [-0.1, -0.05) is 72.8 Å². The van der Waals surface area contributed by atoms with Crippen LogP contribution >= 0.6 is 0 Å². The summed E-state index contributed by atoms with van der Waals surface area (Å²) in [5.74, 6) is 0.665. The molecule has 9 nitrogen and oxygen atoms in total. The number of aromatic amines is 1. The van der Waals surface area contributed by atoms with Gasteiger partial charge in [0.15, 0.2) is 18.8 Å². The van der Waals surface area contributed by atoms with Crippen LogP contribution < -0.4 is 16.0 Å². The van der Waals surface area contributed by atoms with E-state index in [1.807, 2.05) is 84.9 Å². The molecule has 0 fully saturated rings. The largest absolute Gasteiger partial charge is 0.497 e. The number of rotatable bonds is 12. The molecule has 4 aromatic rings. The third-order valence-corrected chi connectivity index (χ3v) is 6.03. The van der Waals surface area contributed by atoms with E-state index in [-0.39, 0.29) is 6.61 Å². The molecule has 0 aliphatic rings. The van der Waals surface area contributed by atoms with Gasteiger partial charge in [-0.25, -0.2) is 4.79 Å². The smallest absolute Gasteiger partial charge is 0.330 e. The van der Waals surface area contributed by atoms with Crippen molar-refractivity contribution in [3.63, 3.8) is 0 Å². The molecule has 0 aliphatic heterocycles. The lowest BCUT2D eigenvalue weighted by Gasteiger charge is -2.36. The number of H-pyrrole nitrogens is 1. The van der Waals surface area contributed by atoms with E-state index in [4.69, 9.17) is 14.2 Å². The molecule has 0 aliphatic carbocycles. The first kappa shape index (κ1) is 26.5. The minimum absolute atomic E-state index is 0.262. The summed E-state index contributed by atoms with van der Waals surface area (Å²) >= 11 is 0. The van der Waals surface area contributed by atoms with Crippen LogP contribution in [0.25, 0.3) is 0 Å². The van der Waals surface area contributed by atoms with Gasteiger partial charge in [0.05, 0.1) is 13.7 Å². The molecule has 1 N–H and O–H groups in total. The lowest BCUT2D eigenvalue weighted by atomic mass is 9.80. The van der Waals surface area contributed by atoms with Gasteiger partial charge in [-0.15, -0.1) is 0 Å². The van der Waals surface area contributed by atoms with Crippen molar-refractivity contribution in [1.82, 2.24) is 9.55 Å². The zero-order valence-electron chi connectivity index (χ0n) is 20.6. The predicted octanol–water partition coefficient (Wildman–Crippen LogP) is 2.84. The normalized spacial score (nSPS) is 12.9. The van der Waals surface area contributed by atoms with Crippen LogP contribution in [0.1, 0.15) is 22.9 Å². The van der Waals surface area contributed by atoms with E-state index < -0.39 is 29.2 Å². The maximum absolute atomic E-state index is 12.2. The maximum atomic E-state index is 12.2. The van der Waals surface area contributed by atoms with Crippen LogP contribution in [0.5, 0.6) is 5.75 Å². The number of carbonyl (C=O) groups excluding carboxylic acids is 2. The first-order valence-electron chi connectivity index (χ1n) is 11.8. The lowest BCUT2D eigenvalue weighted by Crippen LogP contribution is -2.39. The summed E-state index contributed by atoms with van der Waals surface area (Å²) in [7, 11) is 1.58. The number of methoxy groups -OCH3 is 1. The molecule has 4 rings (SSSR count). The topological polar surface area (TPSA) is 117 Å². The second kappa shape index (κ2) is 12.1. The number of ether oxygens (including phenoxy) is 3. The van der Waals surface area contributed by atoms with Crippen molar-refractivity contribution < 1.29 is 23.8 Å². The third kappa shape index (κ3) is 5.54. The van der Waals surface area contributed by atoms with Crippen molar-refractivity contribution in [2.45, 2.75) is 17.9 Å². The SMILES string of the molecule is COc1ccc(C(O[13CH2][13C@H]([13CH]=O)O[13C@H]([13CH]=O)[15n]2[13cH]cc(=O)[15nH]c2=O)(c2ccccc2)c2ccccc2)cc1. The van der Waals surface area contributed by atoms with Crippen molar-refractivity contribution in [3.05, 3.63) is 135 Å². The van der Waals surface area contributed by atoms with Crippen molar-refractivity contribution in [2.75, 3.05) is 13.7 Å². The molecule has 0 unspecified atom stereocenters. The second-order valence-electron chi connectivity index (χ2n) is 8.31. The third-order valence-electron chi connectivity index (χ3n) is 6.03. The fourth-order valence-electron chi connectivity index (χ4n) is 4.21. The molecule has 2 atom stereocenters. The molecule has 38 heavy (non-hydrogen) atoms. The van der Waals surface area contributed by atoms with E-state index in [1.54, 1.807) is 7.11 Å². The van der Waals surface area contributed by atoms with Gasteiger partial charge in [0.25, 0.3) is 5.56 Å². The summed E-state index contributed by atoms with van der Waals surface area (Å²) in [6.45, 7) is -0.262. The molecule has 0 saturated carbocycles. The number of hydrogen-bond acceptors (Lipinski definition) is 7. The summed E-state index contributed by atoms with van der Waals surface area (Å²) < 4.78 is 18.5. The summed E-state index contributed by atoms with van der Waals surface area (Å²) in [6.07, 6.45) is -0.696. The summed E-state index contributed by atoms with van der Waals surface area (Å²) in [5, 5.41) is 0. The number of hydrogen-bond donors (Lipinski definition) is 1.